The van der Waals surface area contributed by atoms with Gasteiger partial charge in [-0.3, -0.25) is 0 Å². The van der Waals surface area contributed by atoms with E-state index in [0.29, 0.717) is 5.56 Å². The third kappa shape index (κ3) is 2.11. The summed E-state index contributed by atoms with van der Waals surface area (Å²) in [6.45, 7) is 1.65. The van der Waals surface area contributed by atoms with Crippen LogP contribution < -0.4 is 10.6 Å². The van der Waals surface area contributed by atoms with Crippen molar-refractivity contribution in [2.75, 3.05) is 17.2 Å². The van der Waals surface area contributed by atoms with Gasteiger partial charge in [-0.15, -0.1) is 0 Å². The molecule has 4 heteroatoms. The van der Waals surface area contributed by atoms with Gasteiger partial charge in [-0.25, -0.2) is 4.98 Å². The fraction of sp³-hybridized carbons (Fsp3) is 0.200. The first-order valence-corrected chi connectivity index (χ1v) is 6.25. The minimum atomic E-state index is 0.636. The van der Waals surface area contributed by atoms with Crippen molar-refractivity contribution in [2.45, 2.75) is 13.0 Å². The van der Waals surface area contributed by atoms with Gasteiger partial charge in [0.2, 0.25) is 0 Å². The second-order valence-electron chi connectivity index (χ2n) is 4.67. The molecule has 0 fully saturated rings. The lowest BCUT2D eigenvalue weighted by Gasteiger charge is -2.30. The van der Waals surface area contributed by atoms with Crippen LogP contribution >= 0.6 is 0 Å². The molecule has 2 heterocycles. The van der Waals surface area contributed by atoms with Crippen molar-refractivity contribution in [2.24, 2.45) is 0 Å². The predicted octanol–water partition coefficient (Wildman–Crippen LogP) is 2.10. The number of nitrogens with two attached hydrogens (primary N) is 1. The Kier molecular flexibility index (Phi) is 2.81. The number of hydrogen-bond acceptors (Lipinski definition) is 4. The van der Waals surface area contributed by atoms with E-state index >= 15 is 0 Å². The Morgan fingerprint density at radius 1 is 1.32 bits per heavy atom. The zero-order chi connectivity index (χ0) is 13.2. The van der Waals surface area contributed by atoms with Gasteiger partial charge in [0, 0.05) is 25.0 Å². The molecule has 1 aliphatic heterocycles. The van der Waals surface area contributed by atoms with E-state index in [-0.39, 0.29) is 0 Å². The number of hydrogen-bond donors (Lipinski definition) is 1. The average molecular weight is 250 g/mol. The Morgan fingerprint density at radius 2 is 2.21 bits per heavy atom. The molecule has 1 aromatic heterocycles. The molecule has 0 saturated heterocycles. The van der Waals surface area contributed by atoms with E-state index in [1.54, 1.807) is 12.3 Å². The van der Waals surface area contributed by atoms with Gasteiger partial charge >= 0.3 is 0 Å². The first-order chi connectivity index (χ1) is 9.28. The van der Waals surface area contributed by atoms with Gasteiger partial charge in [0.15, 0.2) is 0 Å². The highest BCUT2D eigenvalue weighted by Crippen LogP contribution is 2.27. The van der Waals surface area contributed by atoms with Crippen molar-refractivity contribution in [3.8, 4) is 6.07 Å². The normalized spacial score (nSPS) is 13.7. The maximum atomic E-state index is 8.95. The first kappa shape index (κ1) is 11.5. The van der Waals surface area contributed by atoms with E-state index < -0.39 is 0 Å². The number of benzene rings is 1. The van der Waals surface area contributed by atoms with Gasteiger partial charge in [0.1, 0.15) is 5.82 Å². The second kappa shape index (κ2) is 4.62. The Bertz CT molecular complexity index is 657. The molecule has 0 aliphatic carbocycles. The number of anilines is 2. The molecule has 1 aliphatic rings. The Morgan fingerprint density at radius 3 is 3.05 bits per heavy atom. The number of fused-ring (bicyclic) bond motifs is 1. The molecule has 0 saturated carbocycles. The fourth-order valence-electron chi connectivity index (χ4n) is 2.46. The number of pyridine rings is 1. The Labute approximate surface area is 112 Å². The molecule has 1 aromatic carbocycles. The third-order valence-electron chi connectivity index (χ3n) is 3.51. The summed E-state index contributed by atoms with van der Waals surface area (Å²) in [5, 5.41) is 8.95. The standard InChI is InChI=1S/C15H14N4/c16-9-11-4-6-18-15(8-11)19-7-5-12-2-1-3-14(17)13(12)10-19/h1-4,6,8H,5,7,10,17H2. The lowest BCUT2D eigenvalue weighted by Crippen LogP contribution is -2.31. The van der Waals surface area contributed by atoms with Gasteiger partial charge in [-0.05, 0) is 35.7 Å². The van der Waals surface area contributed by atoms with Crippen LogP contribution in [-0.4, -0.2) is 11.5 Å². The summed E-state index contributed by atoms with van der Waals surface area (Å²) in [6.07, 6.45) is 2.64. The summed E-state index contributed by atoms with van der Waals surface area (Å²) >= 11 is 0. The van der Waals surface area contributed by atoms with Crippen molar-refractivity contribution < 1.29 is 0 Å². The molecule has 0 amide bonds. The van der Waals surface area contributed by atoms with Crippen LogP contribution in [0.15, 0.2) is 36.5 Å². The summed E-state index contributed by atoms with van der Waals surface area (Å²) in [4.78, 5) is 6.51. The van der Waals surface area contributed by atoms with Crippen LogP contribution in [0, 0.1) is 11.3 Å². The van der Waals surface area contributed by atoms with E-state index in [9.17, 15) is 0 Å². The highest BCUT2D eigenvalue weighted by molar-refractivity contribution is 5.56. The second-order valence-corrected chi connectivity index (χ2v) is 4.67. The van der Waals surface area contributed by atoms with Crippen LogP contribution in [0.4, 0.5) is 11.5 Å². The summed E-state index contributed by atoms with van der Waals surface area (Å²) in [7, 11) is 0. The van der Waals surface area contributed by atoms with E-state index in [4.69, 9.17) is 11.0 Å². The molecule has 4 nitrogen and oxygen atoms in total. The number of nitriles is 1. The van der Waals surface area contributed by atoms with Gasteiger partial charge in [0.25, 0.3) is 0 Å². The fourth-order valence-corrected chi connectivity index (χ4v) is 2.46. The zero-order valence-corrected chi connectivity index (χ0v) is 10.5. The SMILES string of the molecule is N#Cc1ccnc(N2CCc3cccc(N)c3C2)c1. The van der Waals surface area contributed by atoms with Crippen LogP contribution in [-0.2, 0) is 13.0 Å². The maximum absolute atomic E-state index is 8.95. The zero-order valence-electron chi connectivity index (χ0n) is 10.5. The number of nitrogen functional groups attached to an aromatic ring is 1. The highest BCUT2D eigenvalue weighted by atomic mass is 15.2. The quantitative estimate of drug-likeness (QED) is 0.787. The summed E-state index contributed by atoms with van der Waals surface area (Å²) in [6, 6.07) is 11.7. The highest BCUT2D eigenvalue weighted by Gasteiger charge is 2.19. The van der Waals surface area contributed by atoms with Gasteiger partial charge in [-0.1, -0.05) is 12.1 Å². The van der Waals surface area contributed by atoms with Crippen LogP contribution in [0.1, 0.15) is 16.7 Å². The van der Waals surface area contributed by atoms with Crippen molar-refractivity contribution in [1.29, 1.82) is 5.26 Å². The van der Waals surface area contributed by atoms with Crippen molar-refractivity contribution in [3.05, 3.63) is 53.2 Å². The molecule has 0 atom stereocenters. The average Bonchev–Trinajstić information content (AvgIpc) is 2.47. The summed E-state index contributed by atoms with van der Waals surface area (Å²) in [5.74, 6) is 0.841. The van der Waals surface area contributed by atoms with Crippen molar-refractivity contribution >= 4 is 11.5 Å². The first-order valence-electron chi connectivity index (χ1n) is 6.25. The van der Waals surface area contributed by atoms with E-state index in [2.05, 4.69) is 22.0 Å². The maximum Gasteiger partial charge on any atom is 0.130 e. The third-order valence-corrected chi connectivity index (χ3v) is 3.51. The van der Waals surface area contributed by atoms with Crippen molar-refractivity contribution in [1.82, 2.24) is 4.98 Å². The molecule has 2 N–H and O–H groups in total. The monoisotopic (exact) mass is 250 g/mol. The number of rotatable bonds is 1. The summed E-state index contributed by atoms with van der Waals surface area (Å²) < 4.78 is 0. The lowest BCUT2D eigenvalue weighted by molar-refractivity contribution is 0.722. The molecule has 0 radical (unpaired) electrons. The van der Waals surface area contributed by atoms with Gasteiger partial charge in [0.05, 0.1) is 11.6 Å². The smallest absolute Gasteiger partial charge is 0.130 e. The Balaban J connectivity index is 1.93. The molecular weight excluding hydrogens is 236 g/mol. The van der Waals surface area contributed by atoms with Crippen LogP contribution in [0.5, 0.6) is 0 Å². The number of aromatic nitrogens is 1. The van der Waals surface area contributed by atoms with Crippen LogP contribution in [0.25, 0.3) is 0 Å². The molecule has 0 bridgehead atoms. The molecule has 94 valence electrons. The largest absolute Gasteiger partial charge is 0.398 e. The van der Waals surface area contributed by atoms with E-state index in [1.807, 2.05) is 18.2 Å². The molecule has 0 spiro atoms. The minimum Gasteiger partial charge on any atom is -0.398 e. The molecule has 0 unspecified atom stereocenters. The molecule has 19 heavy (non-hydrogen) atoms. The van der Waals surface area contributed by atoms with E-state index in [0.717, 1.165) is 31.0 Å². The number of nitrogens with zero attached hydrogens (tertiary/aromatic N) is 3. The molecule has 3 rings (SSSR count). The minimum absolute atomic E-state index is 0.636. The van der Waals surface area contributed by atoms with Crippen LogP contribution in [0.2, 0.25) is 0 Å². The summed E-state index contributed by atoms with van der Waals surface area (Å²) in [5.41, 5.74) is 10.00. The molecular formula is C15H14N4. The topological polar surface area (TPSA) is 65.9 Å². The predicted molar refractivity (Wildman–Crippen MR) is 74.6 cm³/mol. The van der Waals surface area contributed by atoms with Crippen LogP contribution in [0.3, 0.4) is 0 Å². The lowest BCUT2D eigenvalue weighted by atomic mass is 9.98. The van der Waals surface area contributed by atoms with Gasteiger partial charge < -0.3 is 10.6 Å². The van der Waals surface area contributed by atoms with Gasteiger partial charge in [-0.2, -0.15) is 5.26 Å². The van der Waals surface area contributed by atoms with E-state index in [1.165, 1.54) is 11.1 Å². The van der Waals surface area contributed by atoms with Crippen molar-refractivity contribution in [3.63, 3.8) is 0 Å². The molecule has 2 aromatic rings. The Hall–Kier alpha value is -2.54.